The van der Waals surface area contributed by atoms with E-state index in [1.807, 2.05) is 12.3 Å². The van der Waals surface area contributed by atoms with E-state index in [1.165, 1.54) is 6.07 Å². The van der Waals surface area contributed by atoms with Gasteiger partial charge in [0, 0.05) is 10.9 Å². The summed E-state index contributed by atoms with van der Waals surface area (Å²) in [4.78, 5) is 11.3. The molecule has 0 aliphatic heterocycles. The monoisotopic (exact) mass is 235 g/mol. The van der Waals surface area contributed by atoms with Gasteiger partial charge in [-0.3, -0.25) is 10.1 Å². The molecular weight excluding hydrogens is 226 g/mol. The van der Waals surface area contributed by atoms with Crippen molar-refractivity contribution in [3.8, 4) is 11.5 Å². The summed E-state index contributed by atoms with van der Waals surface area (Å²) in [7, 11) is 0. The van der Waals surface area contributed by atoms with E-state index in [4.69, 9.17) is 4.74 Å². The Kier molecular flexibility index (Phi) is 2.87. The van der Waals surface area contributed by atoms with E-state index >= 15 is 0 Å². The third-order valence-corrected chi connectivity index (χ3v) is 2.92. The zero-order chi connectivity index (χ0) is 11.5. The molecule has 82 valence electrons. The summed E-state index contributed by atoms with van der Waals surface area (Å²) in [6, 6.07) is 8.15. The molecule has 0 amide bonds. The molecule has 1 heterocycles. The van der Waals surface area contributed by atoms with Gasteiger partial charge in [-0.2, -0.15) is 0 Å². The lowest BCUT2D eigenvalue weighted by Gasteiger charge is -2.04. The van der Waals surface area contributed by atoms with Crippen molar-refractivity contribution in [1.82, 2.24) is 0 Å². The van der Waals surface area contributed by atoms with Crippen LogP contribution in [0.4, 0.5) is 5.69 Å². The van der Waals surface area contributed by atoms with Gasteiger partial charge in [0.25, 0.3) is 0 Å². The molecule has 0 radical (unpaired) electrons. The smallest absolute Gasteiger partial charge is 0.311 e. The molecule has 0 saturated heterocycles. The minimum Gasteiger partial charge on any atom is -0.449 e. The molecule has 2 aromatic rings. The van der Waals surface area contributed by atoms with Crippen molar-refractivity contribution in [3.05, 3.63) is 50.7 Å². The van der Waals surface area contributed by atoms with Gasteiger partial charge in [0.2, 0.25) is 5.75 Å². The van der Waals surface area contributed by atoms with Gasteiger partial charge in [-0.25, -0.2) is 0 Å². The van der Waals surface area contributed by atoms with E-state index in [-0.39, 0.29) is 11.4 Å². The summed E-state index contributed by atoms with van der Waals surface area (Å²) in [6.07, 6.45) is 0. The fraction of sp³-hybridized carbons (Fsp3) is 0.0909. The van der Waals surface area contributed by atoms with Crippen molar-refractivity contribution in [2.24, 2.45) is 0 Å². The summed E-state index contributed by atoms with van der Waals surface area (Å²) in [5.74, 6) is 0.938. The average molecular weight is 235 g/mol. The van der Waals surface area contributed by atoms with Crippen LogP contribution in [0.1, 0.15) is 4.88 Å². The Morgan fingerprint density at radius 1 is 1.25 bits per heavy atom. The van der Waals surface area contributed by atoms with E-state index in [2.05, 4.69) is 0 Å². The van der Waals surface area contributed by atoms with Crippen LogP contribution in [0.2, 0.25) is 0 Å². The number of thiophene rings is 1. The second-order valence-electron chi connectivity index (χ2n) is 3.17. The number of rotatable bonds is 3. The van der Waals surface area contributed by atoms with Gasteiger partial charge < -0.3 is 4.74 Å². The van der Waals surface area contributed by atoms with Crippen molar-refractivity contribution in [1.29, 1.82) is 0 Å². The Hall–Kier alpha value is -1.88. The molecule has 0 unspecified atom stereocenters. The molecule has 0 saturated carbocycles. The number of ether oxygens (including phenoxy) is 1. The highest BCUT2D eigenvalue weighted by molar-refractivity contribution is 7.10. The maximum atomic E-state index is 10.8. The maximum Gasteiger partial charge on any atom is 0.311 e. The molecule has 4 nitrogen and oxygen atoms in total. The van der Waals surface area contributed by atoms with E-state index in [0.717, 1.165) is 4.88 Å². The topological polar surface area (TPSA) is 52.4 Å². The zero-order valence-electron chi connectivity index (χ0n) is 8.54. The van der Waals surface area contributed by atoms with Crippen LogP contribution in [0.5, 0.6) is 11.5 Å². The third kappa shape index (κ3) is 2.04. The van der Waals surface area contributed by atoms with Gasteiger partial charge in [-0.05, 0) is 24.4 Å². The van der Waals surface area contributed by atoms with Gasteiger partial charge in [0.15, 0.2) is 0 Å². The first-order valence-electron chi connectivity index (χ1n) is 4.64. The average Bonchev–Trinajstić information content (AvgIpc) is 2.65. The maximum absolute atomic E-state index is 10.8. The summed E-state index contributed by atoms with van der Waals surface area (Å²) in [5.41, 5.74) is -0.0203. The summed E-state index contributed by atoms with van der Waals surface area (Å²) >= 11 is 1.54. The number of hydrogen-bond donors (Lipinski definition) is 0. The standard InChI is InChI=1S/C11H9NO3S/c1-8-10(6-7-16-8)15-11-5-3-2-4-9(11)12(13)14/h2-7H,1H3. The fourth-order valence-electron chi connectivity index (χ4n) is 1.29. The Morgan fingerprint density at radius 2 is 2.00 bits per heavy atom. The molecule has 0 atom stereocenters. The number of nitro benzene ring substituents is 1. The highest BCUT2D eigenvalue weighted by Crippen LogP contribution is 2.34. The summed E-state index contributed by atoms with van der Waals surface area (Å²) in [5, 5.41) is 12.7. The number of nitrogens with zero attached hydrogens (tertiary/aromatic N) is 1. The second kappa shape index (κ2) is 4.32. The van der Waals surface area contributed by atoms with Crippen LogP contribution in [-0.2, 0) is 0 Å². The molecule has 0 aliphatic rings. The minimum atomic E-state index is -0.447. The Labute approximate surface area is 96.3 Å². The van der Waals surface area contributed by atoms with Crippen molar-refractivity contribution in [2.75, 3.05) is 0 Å². The molecule has 0 aliphatic carbocycles. The van der Waals surface area contributed by atoms with Crippen LogP contribution in [-0.4, -0.2) is 4.92 Å². The van der Waals surface area contributed by atoms with Crippen LogP contribution < -0.4 is 4.74 Å². The lowest BCUT2D eigenvalue weighted by molar-refractivity contribution is -0.385. The van der Waals surface area contributed by atoms with Gasteiger partial charge in [-0.1, -0.05) is 12.1 Å². The van der Waals surface area contributed by atoms with Crippen LogP contribution >= 0.6 is 11.3 Å². The Morgan fingerprint density at radius 3 is 2.62 bits per heavy atom. The Balaban J connectivity index is 2.35. The summed E-state index contributed by atoms with van der Waals surface area (Å²) in [6.45, 7) is 1.91. The highest BCUT2D eigenvalue weighted by atomic mass is 32.1. The summed E-state index contributed by atoms with van der Waals surface area (Å²) < 4.78 is 5.51. The zero-order valence-corrected chi connectivity index (χ0v) is 9.36. The van der Waals surface area contributed by atoms with Gasteiger partial charge >= 0.3 is 5.69 Å². The molecule has 0 bridgehead atoms. The van der Waals surface area contributed by atoms with Crippen LogP contribution in [0.3, 0.4) is 0 Å². The highest BCUT2D eigenvalue weighted by Gasteiger charge is 2.15. The van der Waals surface area contributed by atoms with E-state index < -0.39 is 4.92 Å². The number of benzene rings is 1. The van der Waals surface area contributed by atoms with Crippen LogP contribution in [0.15, 0.2) is 35.7 Å². The number of para-hydroxylation sites is 2. The van der Waals surface area contributed by atoms with Crippen molar-refractivity contribution >= 4 is 17.0 Å². The lowest BCUT2D eigenvalue weighted by atomic mass is 10.3. The molecule has 0 spiro atoms. The molecule has 5 heteroatoms. The molecule has 0 N–H and O–H groups in total. The Bertz CT molecular complexity index is 521. The van der Waals surface area contributed by atoms with Gasteiger partial charge in [-0.15, -0.1) is 11.3 Å². The largest absolute Gasteiger partial charge is 0.449 e. The molecule has 2 rings (SSSR count). The third-order valence-electron chi connectivity index (χ3n) is 2.09. The van der Waals surface area contributed by atoms with E-state index in [1.54, 1.807) is 35.6 Å². The molecule has 16 heavy (non-hydrogen) atoms. The van der Waals surface area contributed by atoms with Crippen LogP contribution in [0, 0.1) is 17.0 Å². The SMILES string of the molecule is Cc1sccc1Oc1ccccc1[N+](=O)[O-]. The molecular formula is C11H9NO3S. The van der Waals surface area contributed by atoms with Crippen molar-refractivity contribution in [3.63, 3.8) is 0 Å². The molecule has 1 aromatic heterocycles. The first kappa shape index (κ1) is 10.6. The van der Waals surface area contributed by atoms with E-state index in [9.17, 15) is 10.1 Å². The first-order valence-corrected chi connectivity index (χ1v) is 5.52. The normalized spacial score (nSPS) is 10.1. The second-order valence-corrected chi connectivity index (χ2v) is 4.29. The lowest BCUT2D eigenvalue weighted by Crippen LogP contribution is -1.92. The van der Waals surface area contributed by atoms with Gasteiger partial charge in [0.05, 0.1) is 4.92 Å². The predicted octanol–water partition coefficient (Wildman–Crippen LogP) is 3.76. The van der Waals surface area contributed by atoms with Gasteiger partial charge in [0.1, 0.15) is 5.75 Å². The minimum absolute atomic E-state index is 0.0203. The number of nitro groups is 1. The van der Waals surface area contributed by atoms with E-state index in [0.29, 0.717) is 5.75 Å². The quantitative estimate of drug-likeness (QED) is 0.601. The molecule has 1 aromatic carbocycles. The first-order chi connectivity index (χ1) is 7.68. The fourth-order valence-corrected chi connectivity index (χ4v) is 1.91. The van der Waals surface area contributed by atoms with Crippen molar-refractivity contribution in [2.45, 2.75) is 6.92 Å². The number of aryl methyl sites for hydroxylation is 1. The van der Waals surface area contributed by atoms with Crippen LogP contribution in [0.25, 0.3) is 0 Å². The predicted molar refractivity (Wildman–Crippen MR) is 62.2 cm³/mol. The van der Waals surface area contributed by atoms with Crippen molar-refractivity contribution < 1.29 is 9.66 Å². The molecule has 0 fully saturated rings. The number of hydrogen-bond acceptors (Lipinski definition) is 4.